The van der Waals surface area contributed by atoms with Gasteiger partial charge in [-0.3, -0.25) is 0 Å². The molecule has 1 aromatic carbocycles. The number of carboxylic acids is 2. The number of aliphatic hydroxyl groups is 2. The van der Waals surface area contributed by atoms with E-state index in [9.17, 15) is 14.7 Å². The van der Waals surface area contributed by atoms with Crippen molar-refractivity contribution in [1.29, 1.82) is 0 Å². The van der Waals surface area contributed by atoms with Crippen LogP contribution in [-0.4, -0.2) is 39.0 Å². The Kier molecular flexibility index (Phi) is 4.19. The lowest BCUT2D eigenvalue weighted by atomic mass is 9.98. The summed E-state index contributed by atoms with van der Waals surface area (Å²) in [6.45, 7) is -0.322. The minimum atomic E-state index is -1.26. The maximum Gasteiger partial charge on any atom is 0.336 e. The van der Waals surface area contributed by atoms with E-state index in [1.54, 1.807) is 0 Å². The lowest BCUT2D eigenvalue weighted by molar-refractivity contribution is 0.0672. The largest absolute Gasteiger partial charge is 0.478 e. The molecule has 6 nitrogen and oxygen atoms in total. The summed E-state index contributed by atoms with van der Waals surface area (Å²) in [6, 6.07) is 3.38. The molecule has 0 aliphatic carbocycles. The summed E-state index contributed by atoms with van der Waals surface area (Å²) in [6.07, 6.45) is -1.26. The number of carbonyl (C=O) groups is 2. The van der Waals surface area contributed by atoms with E-state index >= 15 is 0 Å². The van der Waals surface area contributed by atoms with Crippen molar-refractivity contribution < 1.29 is 30.0 Å². The van der Waals surface area contributed by atoms with Gasteiger partial charge < -0.3 is 20.4 Å². The summed E-state index contributed by atoms with van der Waals surface area (Å²) in [4.78, 5) is 21.6. The van der Waals surface area contributed by atoms with Gasteiger partial charge in [-0.2, -0.15) is 0 Å². The summed E-state index contributed by atoms with van der Waals surface area (Å²) in [5, 5.41) is 36.0. The van der Waals surface area contributed by atoms with Gasteiger partial charge in [0, 0.05) is 13.0 Å². The van der Waals surface area contributed by atoms with Gasteiger partial charge >= 0.3 is 11.9 Å². The molecular weight excluding hydrogens is 228 g/mol. The normalized spacial score (nSPS) is 12.1. The van der Waals surface area contributed by atoms with Crippen molar-refractivity contribution in [2.45, 2.75) is 12.5 Å². The number of aliphatic hydroxyl groups excluding tert-OH is 2. The van der Waals surface area contributed by atoms with Crippen molar-refractivity contribution in [1.82, 2.24) is 0 Å². The van der Waals surface area contributed by atoms with E-state index in [1.807, 2.05) is 0 Å². The van der Waals surface area contributed by atoms with Gasteiger partial charge in [0.25, 0.3) is 0 Å². The third-order valence-corrected chi connectivity index (χ3v) is 2.29. The van der Waals surface area contributed by atoms with Crippen LogP contribution < -0.4 is 0 Å². The smallest absolute Gasteiger partial charge is 0.336 e. The van der Waals surface area contributed by atoms with Crippen LogP contribution in [0.25, 0.3) is 0 Å². The van der Waals surface area contributed by atoms with Gasteiger partial charge in [0.2, 0.25) is 0 Å². The van der Waals surface area contributed by atoms with E-state index < -0.39 is 18.0 Å². The van der Waals surface area contributed by atoms with Crippen LogP contribution in [-0.2, 0) is 0 Å². The second-order valence-corrected chi connectivity index (χ2v) is 3.44. The Morgan fingerprint density at radius 2 is 1.82 bits per heavy atom. The topological polar surface area (TPSA) is 115 Å². The van der Waals surface area contributed by atoms with E-state index in [2.05, 4.69) is 0 Å². The van der Waals surface area contributed by atoms with E-state index in [0.29, 0.717) is 0 Å². The molecule has 92 valence electrons. The fraction of sp³-hybridized carbons (Fsp3) is 0.273. The predicted octanol–water partition coefficient (Wildman–Crippen LogP) is 0.499. The molecule has 0 fully saturated rings. The Balaban J connectivity index is 3.24. The fourth-order valence-corrected chi connectivity index (χ4v) is 1.44. The number of carboxylic acid groups (broad SMARTS) is 2. The van der Waals surface area contributed by atoms with Gasteiger partial charge in [0.1, 0.15) is 0 Å². The monoisotopic (exact) mass is 240 g/mol. The zero-order chi connectivity index (χ0) is 13.0. The standard InChI is InChI=1S/C11H12O6/c12-4-3-9(13)8-5-6(10(14)15)1-2-7(8)11(16)17/h1-2,5,9,12-13H,3-4H2,(H,14,15)(H,16,17). The van der Waals surface area contributed by atoms with Crippen molar-refractivity contribution in [2.24, 2.45) is 0 Å². The third kappa shape index (κ3) is 3.02. The molecule has 0 radical (unpaired) electrons. The molecule has 0 saturated carbocycles. The van der Waals surface area contributed by atoms with Crippen LogP contribution in [0.4, 0.5) is 0 Å². The van der Waals surface area contributed by atoms with Crippen LogP contribution in [0.1, 0.15) is 38.8 Å². The first-order chi connectivity index (χ1) is 7.97. The highest BCUT2D eigenvalue weighted by Crippen LogP contribution is 2.22. The molecule has 1 unspecified atom stereocenters. The molecule has 17 heavy (non-hydrogen) atoms. The molecule has 4 N–H and O–H groups in total. The maximum absolute atomic E-state index is 10.9. The van der Waals surface area contributed by atoms with Gasteiger partial charge in [-0.1, -0.05) is 0 Å². The summed E-state index contributed by atoms with van der Waals surface area (Å²) in [5.41, 5.74) is -0.288. The average molecular weight is 240 g/mol. The quantitative estimate of drug-likeness (QED) is 0.595. The van der Waals surface area contributed by atoms with Gasteiger partial charge in [0.05, 0.1) is 17.2 Å². The zero-order valence-corrected chi connectivity index (χ0v) is 8.83. The maximum atomic E-state index is 10.9. The van der Waals surface area contributed by atoms with E-state index in [0.717, 1.165) is 18.2 Å². The van der Waals surface area contributed by atoms with Crippen LogP contribution in [0.15, 0.2) is 18.2 Å². The summed E-state index contributed by atoms with van der Waals surface area (Å²) in [5.74, 6) is -2.46. The molecule has 0 aromatic heterocycles. The SMILES string of the molecule is O=C(O)c1ccc(C(=O)O)c(C(O)CCO)c1. The first kappa shape index (κ1) is 13.1. The van der Waals surface area contributed by atoms with Gasteiger partial charge in [-0.05, 0) is 23.8 Å². The Morgan fingerprint density at radius 3 is 2.29 bits per heavy atom. The van der Waals surface area contributed by atoms with Crippen molar-refractivity contribution in [3.63, 3.8) is 0 Å². The molecule has 1 atom stereocenters. The van der Waals surface area contributed by atoms with Crippen molar-refractivity contribution in [3.8, 4) is 0 Å². The van der Waals surface area contributed by atoms with Gasteiger partial charge in [0.15, 0.2) is 0 Å². The van der Waals surface area contributed by atoms with Crippen LogP contribution in [0, 0.1) is 0 Å². The highest BCUT2D eigenvalue weighted by Gasteiger charge is 2.18. The lowest BCUT2D eigenvalue weighted by Gasteiger charge is -2.13. The minimum absolute atomic E-state index is 0.00792. The molecule has 0 heterocycles. The first-order valence-corrected chi connectivity index (χ1v) is 4.86. The Bertz CT molecular complexity index is 440. The third-order valence-electron chi connectivity index (χ3n) is 2.29. The van der Waals surface area contributed by atoms with Crippen molar-refractivity contribution in [2.75, 3.05) is 6.61 Å². The fourth-order valence-electron chi connectivity index (χ4n) is 1.44. The second-order valence-electron chi connectivity index (χ2n) is 3.44. The number of benzene rings is 1. The van der Waals surface area contributed by atoms with E-state index in [-0.39, 0.29) is 29.7 Å². The van der Waals surface area contributed by atoms with Crippen LogP contribution in [0.5, 0.6) is 0 Å². The van der Waals surface area contributed by atoms with E-state index in [4.69, 9.17) is 15.3 Å². The molecule has 1 rings (SSSR count). The molecule has 0 amide bonds. The number of hydrogen-bond donors (Lipinski definition) is 4. The lowest BCUT2D eigenvalue weighted by Crippen LogP contribution is -2.10. The van der Waals surface area contributed by atoms with Gasteiger partial charge in [-0.25, -0.2) is 9.59 Å². The molecule has 1 aromatic rings. The molecule has 0 bridgehead atoms. The van der Waals surface area contributed by atoms with Crippen molar-refractivity contribution >= 4 is 11.9 Å². The van der Waals surface area contributed by atoms with Crippen LogP contribution in [0.2, 0.25) is 0 Å². The number of aromatic carboxylic acids is 2. The molecule has 0 saturated heterocycles. The summed E-state index contributed by atoms with van der Waals surface area (Å²) in [7, 11) is 0. The molecule has 0 aliphatic heterocycles. The van der Waals surface area contributed by atoms with Gasteiger partial charge in [-0.15, -0.1) is 0 Å². The van der Waals surface area contributed by atoms with Crippen LogP contribution in [0.3, 0.4) is 0 Å². The average Bonchev–Trinajstić information content (AvgIpc) is 2.28. The second kappa shape index (κ2) is 5.42. The highest BCUT2D eigenvalue weighted by atomic mass is 16.4. The summed E-state index contributed by atoms with van der Waals surface area (Å²) >= 11 is 0. The minimum Gasteiger partial charge on any atom is -0.478 e. The Labute approximate surface area is 96.8 Å². The van der Waals surface area contributed by atoms with Crippen LogP contribution >= 0.6 is 0 Å². The number of rotatable bonds is 5. The zero-order valence-electron chi connectivity index (χ0n) is 8.83. The summed E-state index contributed by atoms with van der Waals surface area (Å²) < 4.78 is 0. The predicted molar refractivity (Wildman–Crippen MR) is 57.0 cm³/mol. The molecule has 0 aliphatic rings. The number of hydrogen-bond acceptors (Lipinski definition) is 4. The highest BCUT2D eigenvalue weighted by molar-refractivity contribution is 5.93. The first-order valence-electron chi connectivity index (χ1n) is 4.86. The Morgan fingerprint density at radius 1 is 1.18 bits per heavy atom. The molecular formula is C11H12O6. The molecule has 0 spiro atoms. The van der Waals surface area contributed by atoms with E-state index in [1.165, 1.54) is 0 Å². The van der Waals surface area contributed by atoms with Crippen molar-refractivity contribution in [3.05, 3.63) is 34.9 Å². The molecule has 6 heteroatoms. The Hall–Kier alpha value is -1.92.